The van der Waals surface area contributed by atoms with E-state index in [0.29, 0.717) is 34.0 Å². The third kappa shape index (κ3) is 4.32. The van der Waals surface area contributed by atoms with E-state index in [1.807, 2.05) is 0 Å². The molecule has 1 aliphatic rings. The Kier molecular flexibility index (Phi) is 7.02. The highest BCUT2D eigenvalue weighted by Gasteiger charge is 2.52. The fourth-order valence-corrected chi connectivity index (χ4v) is 4.04. The van der Waals surface area contributed by atoms with E-state index in [1.54, 1.807) is 42.5 Å². The van der Waals surface area contributed by atoms with Gasteiger partial charge < -0.3 is 20.6 Å². The van der Waals surface area contributed by atoms with Gasteiger partial charge in [-0.2, -0.15) is 0 Å². The summed E-state index contributed by atoms with van der Waals surface area (Å²) < 4.78 is 0.673. The van der Waals surface area contributed by atoms with Crippen molar-refractivity contribution in [3.05, 3.63) is 57.5 Å². The predicted octanol–water partition coefficient (Wildman–Crippen LogP) is 2.34. The van der Waals surface area contributed by atoms with Crippen molar-refractivity contribution in [2.45, 2.75) is 19.6 Å². The van der Waals surface area contributed by atoms with E-state index in [4.69, 9.17) is 11.6 Å². The van der Waals surface area contributed by atoms with Gasteiger partial charge in [-0.05, 0) is 56.3 Å². The lowest BCUT2D eigenvalue weighted by molar-refractivity contribution is -0.895. The standard InChI is InChI=1S/C21H24BrClN4O3/c1-3-26(4-2)12-11-24-19(28)21(30)17-13-14(22)5-10-18(17)25-20(29)27(21)16-8-6-15(23)7-9-16/h5-10,13,30H,3-4,11-12H2,1-2H3,(H,24,28)(H,25,29)/p+1. The van der Waals surface area contributed by atoms with Gasteiger partial charge in [0.05, 0.1) is 31.9 Å². The number of hydrogen-bond acceptors (Lipinski definition) is 3. The minimum absolute atomic E-state index is 0.277. The molecule has 0 spiro atoms. The molecule has 4 N–H and O–H groups in total. The molecule has 2 aromatic rings. The summed E-state index contributed by atoms with van der Waals surface area (Å²) in [5.41, 5.74) is -1.23. The number of carbonyl (C=O) groups excluding carboxylic acids is 2. The third-order valence-corrected chi connectivity index (χ3v) is 6.04. The van der Waals surface area contributed by atoms with E-state index in [-0.39, 0.29) is 5.56 Å². The van der Waals surface area contributed by atoms with Crippen molar-refractivity contribution in [3.63, 3.8) is 0 Å². The summed E-state index contributed by atoms with van der Waals surface area (Å²) in [6.07, 6.45) is 0. The molecule has 1 atom stereocenters. The molecular formula is C21H25BrClN4O3+. The fourth-order valence-electron chi connectivity index (χ4n) is 3.55. The molecule has 9 heteroatoms. The molecule has 0 aliphatic carbocycles. The van der Waals surface area contributed by atoms with Crippen LogP contribution < -0.4 is 20.4 Å². The van der Waals surface area contributed by atoms with Crippen molar-refractivity contribution in [1.82, 2.24) is 5.32 Å². The largest absolute Gasteiger partial charge is 0.359 e. The fraction of sp³-hybridized carbons (Fsp3) is 0.333. The number of nitrogens with one attached hydrogen (secondary N) is 3. The Balaban J connectivity index is 2.02. The van der Waals surface area contributed by atoms with Crippen molar-refractivity contribution in [2.24, 2.45) is 0 Å². The zero-order chi connectivity index (χ0) is 21.9. The number of likely N-dealkylation sites (N-methyl/N-ethyl adjacent to an activating group) is 1. The summed E-state index contributed by atoms with van der Waals surface area (Å²) in [6.45, 7) is 7.12. The van der Waals surface area contributed by atoms with Crippen LogP contribution in [0.1, 0.15) is 19.4 Å². The lowest BCUT2D eigenvalue weighted by atomic mass is 9.95. The molecule has 160 valence electrons. The summed E-state index contributed by atoms with van der Waals surface area (Å²) >= 11 is 9.37. The minimum atomic E-state index is -2.23. The first kappa shape index (κ1) is 22.6. The van der Waals surface area contributed by atoms with Crippen molar-refractivity contribution >= 4 is 50.8 Å². The topological polar surface area (TPSA) is 86.1 Å². The van der Waals surface area contributed by atoms with E-state index < -0.39 is 17.7 Å². The Morgan fingerprint density at radius 2 is 1.90 bits per heavy atom. The summed E-state index contributed by atoms with van der Waals surface area (Å²) in [6, 6.07) is 10.8. The average molecular weight is 497 g/mol. The zero-order valence-electron chi connectivity index (χ0n) is 16.8. The molecule has 0 fully saturated rings. The van der Waals surface area contributed by atoms with Gasteiger partial charge in [-0.1, -0.05) is 27.5 Å². The van der Waals surface area contributed by atoms with E-state index in [0.717, 1.165) is 18.0 Å². The maximum absolute atomic E-state index is 13.3. The van der Waals surface area contributed by atoms with Crippen LogP contribution in [-0.4, -0.2) is 43.2 Å². The lowest BCUT2D eigenvalue weighted by Gasteiger charge is -2.42. The van der Waals surface area contributed by atoms with Crippen molar-refractivity contribution in [3.8, 4) is 0 Å². The van der Waals surface area contributed by atoms with Gasteiger partial charge in [-0.3, -0.25) is 9.69 Å². The van der Waals surface area contributed by atoms with E-state index >= 15 is 0 Å². The number of carbonyl (C=O) groups is 2. The maximum atomic E-state index is 13.3. The Hall–Kier alpha value is -2.13. The molecule has 0 bridgehead atoms. The summed E-state index contributed by atoms with van der Waals surface area (Å²) in [7, 11) is 0. The van der Waals surface area contributed by atoms with Crippen LogP contribution >= 0.6 is 27.5 Å². The zero-order valence-corrected chi connectivity index (χ0v) is 19.2. The molecule has 1 unspecified atom stereocenters. The van der Waals surface area contributed by atoms with Gasteiger partial charge >= 0.3 is 6.03 Å². The molecule has 1 aliphatic heterocycles. The Morgan fingerprint density at radius 3 is 2.53 bits per heavy atom. The quantitative estimate of drug-likeness (QED) is 0.475. The van der Waals surface area contributed by atoms with Gasteiger partial charge in [0.15, 0.2) is 0 Å². The van der Waals surface area contributed by atoms with E-state index in [1.165, 1.54) is 4.90 Å². The number of benzene rings is 2. The van der Waals surface area contributed by atoms with Crippen LogP contribution in [0.25, 0.3) is 0 Å². The first-order valence-corrected chi connectivity index (χ1v) is 11.0. The van der Waals surface area contributed by atoms with Crippen LogP contribution in [0.15, 0.2) is 46.9 Å². The first-order valence-electron chi connectivity index (χ1n) is 9.82. The number of aliphatic hydroxyl groups is 1. The molecule has 0 radical (unpaired) electrons. The molecule has 3 rings (SSSR count). The molecule has 0 saturated carbocycles. The third-order valence-electron chi connectivity index (χ3n) is 5.29. The Bertz CT molecular complexity index is 936. The first-order chi connectivity index (χ1) is 14.3. The van der Waals surface area contributed by atoms with Crippen molar-refractivity contribution in [2.75, 3.05) is 36.4 Å². The summed E-state index contributed by atoms with van der Waals surface area (Å²) in [4.78, 5) is 28.6. The second kappa shape index (κ2) is 9.34. The number of nitrogens with zero attached hydrogens (tertiary/aromatic N) is 1. The van der Waals surface area contributed by atoms with Crippen molar-refractivity contribution < 1.29 is 19.6 Å². The second-order valence-electron chi connectivity index (χ2n) is 7.07. The number of hydrogen-bond donors (Lipinski definition) is 4. The van der Waals surface area contributed by atoms with Crippen LogP contribution in [0.5, 0.6) is 0 Å². The highest BCUT2D eigenvalue weighted by atomic mass is 79.9. The number of anilines is 2. The predicted molar refractivity (Wildman–Crippen MR) is 121 cm³/mol. The maximum Gasteiger partial charge on any atom is 0.329 e. The van der Waals surface area contributed by atoms with Crippen LogP contribution in [0.2, 0.25) is 5.02 Å². The molecular weight excluding hydrogens is 472 g/mol. The number of rotatable bonds is 7. The van der Waals surface area contributed by atoms with Gasteiger partial charge in [-0.25, -0.2) is 4.79 Å². The van der Waals surface area contributed by atoms with Gasteiger partial charge in [0.1, 0.15) is 0 Å². The smallest absolute Gasteiger partial charge is 0.329 e. The summed E-state index contributed by atoms with van der Waals surface area (Å²) in [5, 5.41) is 17.8. The normalized spacial score (nSPS) is 18.2. The lowest BCUT2D eigenvalue weighted by Crippen LogP contribution is -3.12. The SMILES string of the molecule is CC[NH+](CC)CCNC(=O)C1(O)c2cc(Br)ccc2NC(=O)N1c1ccc(Cl)cc1. The molecule has 1 heterocycles. The molecule has 0 saturated heterocycles. The molecule has 30 heavy (non-hydrogen) atoms. The number of quaternary nitrogens is 1. The van der Waals surface area contributed by atoms with Crippen molar-refractivity contribution in [1.29, 1.82) is 0 Å². The monoisotopic (exact) mass is 495 g/mol. The van der Waals surface area contributed by atoms with Crippen LogP contribution in [0.3, 0.4) is 0 Å². The number of amides is 3. The highest BCUT2D eigenvalue weighted by Crippen LogP contribution is 2.41. The van der Waals surface area contributed by atoms with Gasteiger partial charge in [0.25, 0.3) is 11.6 Å². The highest BCUT2D eigenvalue weighted by molar-refractivity contribution is 9.10. The van der Waals surface area contributed by atoms with Crippen LogP contribution in [-0.2, 0) is 10.5 Å². The molecule has 3 amide bonds. The molecule has 0 aromatic heterocycles. The number of halogens is 2. The van der Waals surface area contributed by atoms with E-state index in [9.17, 15) is 14.7 Å². The van der Waals surface area contributed by atoms with Crippen LogP contribution in [0.4, 0.5) is 16.2 Å². The molecule has 2 aromatic carbocycles. The van der Waals surface area contributed by atoms with Gasteiger partial charge in [0.2, 0.25) is 0 Å². The second-order valence-corrected chi connectivity index (χ2v) is 8.42. The minimum Gasteiger partial charge on any atom is -0.359 e. The molecule has 7 nitrogen and oxygen atoms in total. The Labute approximate surface area is 189 Å². The Morgan fingerprint density at radius 1 is 1.23 bits per heavy atom. The number of fused-ring (bicyclic) bond motifs is 1. The van der Waals surface area contributed by atoms with Gasteiger partial charge in [-0.15, -0.1) is 0 Å². The number of urea groups is 1. The average Bonchev–Trinajstić information content (AvgIpc) is 2.73. The van der Waals surface area contributed by atoms with E-state index in [2.05, 4.69) is 40.4 Å². The van der Waals surface area contributed by atoms with Gasteiger partial charge in [0, 0.05) is 20.7 Å². The van der Waals surface area contributed by atoms with Crippen LogP contribution in [0, 0.1) is 0 Å². The summed E-state index contributed by atoms with van der Waals surface area (Å²) in [5.74, 6) is -0.668.